The van der Waals surface area contributed by atoms with Gasteiger partial charge in [-0.05, 0) is 6.92 Å². The van der Waals surface area contributed by atoms with Gasteiger partial charge in [-0.1, -0.05) is 0 Å². The first-order valence-electron chi connectivity index (χ1n) is 7.15. The van der Waals surface area contributed by atoms with Gasteiger partial charge in [-0.15, -0.1) is 0 Å². The van der Waals surface area contributed by atoms with Crippen molar-refractivity contribution in [2.45, 2.75) is 31.2 Å². The molecule has 0 radical (unpaired) electrons. The van der Waals surface area contributed by atoms with Gasteiger partial charge in [0.15, 0.2) is 11.5 Å². The van der Waals surface area contributed by atoms with Crippen molar-refractivity contribution in [3.05, 3.63) is 34.1 Å². The van der Waals surface area contributed by atoms with Crippen molar-refractivity contribution in [2.75, 3.05) is 7.11 Å². The van der Waals surface area contributed by atoms with E-state index in [1.54, 1.807) is 0 Å². The van der Waals surface area contributed by atoms with Crippen LogP contribution in [0.1, 0.15) is 44.9 Å². The van der Waals surface area contributed by atoms with Crippen molar-refractivity contribution in [1.29, 1.82) is 0 Å². The molecule has 0 aliphatic heterocycles. The zero-order valence-corrected chi connectivity index (χ0v) is 12.9. The highest BCUT2D eigenvalue weighted by atomic mass is 16.5. The smallest absolute Gasteiger partial charge is 0.232 e. The molecule has 0 saturated carbocycles. The Morgan fingerprint density at radius 2 is 1.79 bits per heavy atom. The molecule has 128 valence electrons. The summed E-state index contributed by atoms with van der Waals surface area (Å²) >= 11 is 0. The topological polar surface area (TPSA) is 145 Å². The third-order valence-corrected chi connectivity index (χ3v) is 4.54. The van der Waals surface area contributed by atoms with Crippen LogP contribution in [-0.4, -0.2) is 55.9 Å². The van der Waals surface area contributed by atoms with Gasteiger partial charge in [0.2, 0.25) is 5.78 Å². The average Bonchev–Trinajstić information content (AvgIpc) is 2.51. The molecule has 1 aromatic carbocycles. The van der Waals surface area contributed by atoms with Gasteiger partial charge >= 0.3 is 0 Å². The lowest BCUT2D eigenvalue weighted by Crippen LogP contribution is -2.48. The molecule has 8 heteroatoms. The van der Waals surface area contributed by atoms with Crippen molar-refractivity contribution in [3.8, 4) is 11.5 Å². The Morgan fingerprint density at radius 3 is 2.38 bits per heavy atom. The molecule has 0 saturated heterocycles. The molecule has 2 aliphatic rings. The number of hydrogen-bond donors (Lipinski definition) is 5. The molecule has 3 rings (SSSR count). The summed E-state index contributed by atoms with van der Waals surface area (Å²) in [5.74, 6) is -3.22. The standard InChI is InChI=1S/C16H16O8/c1-16(23)4-5-8(14(21)15(16)22)13(20)9-6(17)3-7(24-2)12(19)10(9)11(5)18/h3,14-15,18,20-23H,4H2,1-2H3/t14-,15-,16+/m1/s1. The Labute approximate surface area is 136 Å². The van der Waals surface area contributed by atoms with Gasteiger partial charge < -0.3 is 30.3 Å². The van der Waals surface area contributed by atoms with Crippen molar-refractivity contribution in [3.63, 3.8) is 0 Å². The number of ketones is 2. The summed E-state index contributed by atoms with van der Waals surface area (Å²) in [7, 11) is 1.18. The normalized spacial score (nSPS) is 29.0. The number of carbonyl (C=O) groups is 2. The second-order valence-electron chi connectivity index (χ2n) is 6.17. The van der Waals surface area contributed by atoms with Crippen LogP contribution < -0.4 is 0 Å². The van der Waals surface area contributed by atoms with E-state index in [1.165, 1.54) is 14.0 Å². The van der Waals surface area contributed by atoms with Crippen molar-refractivity contribution >= 4 is 11.6 Å². The highest BCUT2D eigenvalue weighted by molar-refractivity contribution is 6.26. The van der Waals surface area contributed by atoms with Gasteiger partial charge in [-0.25, -0.2) is 0 Å². The maximum Gasteiger partial charge on any atom is 0.232 e. The number of aliphatic hydroxyl groups is 3. The Bertz CT molecular complexity index is 805. The van der Waals surface area contributed by atoms with Gasteiger partial charge in [0.25, 0.3) is 0 Å². The van der Waals surface area contributed by atoms with Gasteiger partial charge in [-0.2, -0.15) is 0 Å². The molecule has 0 aromatic heterocycles. The summed E-state index contributed by atoms with van der Waals surface area (Å²) in [6, 6.07) is 0. The summed E-state index contributed by atoms with van der Waals surface area (Å²) in [5, 5.41) is 51.3. The Balaban J connectivity index is 2.36. The number of allylic oxidation sites excluding steroid dienone is 2. The number of hydrogen-bond acceptors (Lipinski definition) is 8. The van der Waals surface area contributed by atoms with Crippen LogP contribution in [0.5, 0.6) is 11.5 Å². The summed E-state index contributed by atoms with van der Waals surface area (Å²) < 4.78 is 4.81. The maximum atomic E-state index is 12.4. The van der Waals surface area contributed by atoms with Gasteiger partial charge in [-0.3, -0.25) is 9.59 Å². The number of rotatable bonds is 1. The number of benzene rings is 1. The number of phenolic OH excluding ortho intramolecular Hbond substituents is 2. The zero-order chi connectivity index (χ0) is 18.0. The molecule has 3 atom stereocenters. The van der Waals surface area contributed by atoms with Crippen molar-refractivity contribution < 1.29 is 39.9 Å². The summed E-state index contributed by atoms with van der Waals surface area (Å²) in [6.45, 7) is 1.24. The lowest BCUT2D eigenvalue weighted by molar-refractivity contribution is -0.126. The third-order valence-electron chi connectivity index (χ3n) is 4.54. The first kappa shape index (κ1) is 16.4. The molecular weight excluding hydrogens is 320 g/mol. The molecule has 8 nitrogen and oxygen atoms in total. The maximum absolute atomic E-state index is 12.4. The van der Waals surface area contributed by atoms with Crippen LogP contribution in [0.2, 0.25) is 0 Å². The van der Waals surface area contributed by atoms with E-state index in [9.17, 15) is 35.1 Å². The second-order valence-corrected chi connectivity index (χ2v) is 6.17. The van der Waals surface area contributed by atoms with Gasteiger partial charge in [0.05, 0.1) is 23.8 Å². The van der Waals surface area contributed by atoms with Gasteiger partial charge in [0.1, 0.15) is 23.7 Å². The third kappa shape index (κ3) is 1.97. The fourth-order valence-electron chi connectivity index (χ4n) is 3.24. The Hall–Kier alpha value is -2.42. The van der Waals surface area contributed by atoms with E-state index in [4.69, 9.17) is 4.74 Å². The molecule has 24 heavy (non-hydrogen) atoms. The predicted molar refractivity (Wildman–Crippen MR) is 78.8 cm³/mol. The van der Waals surface area contributed by atoms with E-state index in [2.05, 4.69) is 0 Å². The molecule has 0 amide bonds. The fraction of sp³-hybridized carbons (Fsp3) is 0.375. The number of carbonyl (C=O) groups excluding carboxylic acids is 2. The van der Waals surface area contributed by atoms with Crippen LogP contribution in [-0.2, 0) is 11.2 Å². The van der Waals surface area contributed by atoms with Crippen LogP contribution in [0.25, 0.3) is 0 Å². The predicted octanol–water partition coefficient (Wildman–Crippen LogP) is -0.291. The minimum absolute atomic E-state index is 0.104. The minimum atomic E-state index is -1.80. The highest BCUT2D eigenvalue weighted by Gasteiger charge is 2.47. The van der Waals surface area contributed by atoms with Crippen molar-refractivity contribution in [1.82, 2.24) is 0 Å². The fourth-order valence-corrected chi connectivity index (χ4v) is 3.24. The second kappa shape index (κ2) is 5.04. The van der Waals surface area contributed by atoms with Crippen LogP contribution in [0.15, 0.2) is 11.8 Å². The Kier molecular flexibility index (Phi) is 3.45. The average molecular weight is 336 g/mol. The SMILES string of the molecule is COC1=CC(=O)c2c(O)c3c(c(O)c2C1=O)C[C@](C)(O)[C@H](O)[C@@H]3O. The molecule has 0 fully saturated rings. The van der Waals surface area contributed by atoms with Gasteiger partial charge in [0, 0.05) is 23.6 Å². The van der Waals surface area contributed by atoms with Crippen LogP contribution in [0.4, 0.5) is 0 Å². The molecule has 0 heterocycles. The molecule has 0 spiro atoms. The van der Waals surface area contributed by atoms with E-state index in [0.29, 0.717) is 0 Å². The molecule has 2 aliphatic carbocycles. The zero-order valence-electron chi connectivity index (χ0n) is 12.9. The number of ether oxygens (including phenoxy) is 1. The van der Waals surface area contributed by atoms with Crippen LogP contribution >= 0.6 is 0 Å². The molecule has 0 bridgehead atoms. The molecule has 0 unspecified atom stereocenters. The monoisotopic (exact) mass is 336 g/mol. The number of methoxy groups -OCH3 is 1. The minimum Gasteiger partial charge on any atom is -0.507 e. The van der Waals surface area contributed by atoms with Crippen molar-refractivity contribution in [2.24, 2.45) is 0 Å². The van der Waals surface area contributed by atoms with E-state index in [0.717, 1.165) is 6.08 Å². The lowest BCUT2D eigenvalue weighted by Gasteiger charge is -2.39. The largest absolute Gasteiger partial charge is 0.507 e. The number of phenols is 2. The summed E-state index contributed by atoms with van der Waals surface area (Å²) in [4.78, 5) is 24.6. The van der Waals surface area contributed by atoms with Crippen LogP contribution in [0, 0.1) is 0 Å². The summed E-state index contributed by atoms with van der Waals surface area (Å²) in [6.07, 6.45) is -2.85. The first-order valence-corrected chi connectivity index (χ1v) is 7.15. The Morgan fingerprint density at radius 1 is 1.17 bits per heavy atom. The highest BCUT2D eigenvalue weighted by Crippen LogP contribution is 2.49. The van der Waals surface area contributed by atoms with E-state index < -0.39 is 52.0 Å². The molecule has 5 N–H and O–H groups in total. The van der Waals surface area contributed by atoms with E-state index >= 15 is 0 Å². The summed E-state index contributed by atoms with van der Waals surface area (Å²) in [5.41, 5.74) is -3.10. The number of aliphatic hydroxyl groups excluding tert-OH is 2. The van der Waals surface area contributed by atoms with E-state index in [-0.39, 0.29) is 23.3 Å². The van der Waals surface area contributed by atoms with E-state index in [1.807, 2.05) is 0 Å². The lowest BCUT2D eigenvalue weighted by atomic mass is 9.74. The number of aromatic hydroxyl groups is 2. The quantitative estimate of drug-likeness (QED) is 0.440. The first-order chi connectivity index (χ1) is 11.1. The molecule has 1 aromatic rings. The van der Waals surface area contributed by atoms with Crippen LogP contribution in [0.3, 0.4) is 0 Å². The number of fused-ring (bicyclic) bond motifs is 2. The number of Topliss-reactive ketones (excluding diaryl/α,β-unsaturated/α-hetero) is 1. The molecular formula is C16H16O8.